The second-order valence-corrected chi connectivity index (χ2v) is 9.13. The number of para-hydroxylation sites is 2. The molecule has 170 valence electrons. The van der Waals surface area contributed by atoms with Gasteiger partial charge in [-0.1, -0.05) is 36.4 Å². The molecular weight excluding hydrogens is 456 g/mol. The van der Waals surface area contributed by atoms with Gasteiger partial charge in [0.2, 0.25) is 0 Å². The first kappa shape index (κ1) is 23.7. The molecule has 2 N–H and O–H groups in total. The Balaban J connectivity index is 1.45. The summed E-state index contributed by atoms with van der Waals surface area (Å²) < 4.78 is 0. The quantitative estimate of drug-likeness (QED) is 0.144. The number of rotatable bonds is 9. The Hall–Kier alpha value is -3.48. The molecule has 0 saturated carbocycles. The third-order valence-electron chi connectivity index (χ3n) is 5.12. The zero-order chi connectivity index (χ0) is 23.6. The van der Waals surface area contributed by atoms with Crippen molar-refractivity contribution in [2.45, 2.75) is 9.79 Å². The predicted octanol–water partition coefficient (Wildman–Crippen LogP) is 8.07. The summed E-state index contributed by atoms with van der Waals surface area (Å²) in [6.07, 6.45) is 7.69. The molecule has 4 rings (SSSR count). The number of hydrogen-bond donors (Lipinski definition) is 2. The first-order chi connectivity index (χ1) is 16.7. The monoisotopic (exact) mass is 482 g/mol. The second kappa shape index (κ2) is 12.1. The van der Waals surface area contributed by atoms with Crippen LogP contribution in [-0.4, -0.2) is 24.9 Å². The number of nitrogens with one attached hydrogen (secondary N) is 2. The molecule has 4 aromatic rings. The molecule has 0 radical (unpaired) electrons. The van der Waals surface area contributed by atoms with Gasteiger partial charge in [0.15, 0.2) is 0 Å². The summed E-state index contributed by atoms with van der Waals surface area (Å²) in [6, 6.07) is 32.9. The van der Waals surface area contributed by atoms with Gasteiger partial charge in [0.05, 0.1) is 12.4 Å². The van der Waals surface area contributed by atoms with Gasteiger partial charge in [0, 0.05) is 43.7 Å². The van der Waals surface area contributed by atoms with Crippen molar-refractivity contribution in [2.75, 3.05) is 23.1 Å². The number of benzene rings is 4. The Labute approximate surface area is 209 Å². The van der Waals surface area contributed by atoms with Gasteiger partial charge in [0.1, 0.15) is 0 Å². The second-order valence-electron chi connectivity index (χ2n) is 7.37. The molecule has 4 aromatic carbocycles. The minimum atomic E-state index is 0.967. The highest BCUT2D eigenvalue weighted by Crippen LogP contribution is 2.24. The van der Waals surface area contributed by atoms with Crippen LogP contribution in [-0.2, 0) is 0 Å². The van der Waals surface area contributed by atoms with Crippen LogP contribution in [0.2, 0.25) is 0 Å². The van der Waals surface area contributed by atoms with Gasteiger partial charge < -0.3 is 10.6 Å². The van der Waals surface area contributed by atoms with Gasteiger partial charge in [-0.3, -0.25) is 0 Å². The molecule has 0 aromatic heterocycles. The Morgan fingerprint density at radius 1 is 0.529 bits per heavy atom. The molecular formula is C28H26N4S2. The van der Waals surface area contributed by atoms with E-state index in [1.165, 1.54) is 9.79 Å². The van der Waals surface area contributed by atoms with Gasteiger partial charge in [-0.2, -0.15) is 10.2 Å². The lowest BCUT2D eigenvalue weighted by atomic mass is 10.2. The van der Waals surface area contributed by atoms with E-state index in [4.69, 9.17) is 0 Å². The molecule has 0 fully saturated rings. The molecule has 0 spiro atoms. The third-order valence-corrected chi connectivity index (χ3v) is 6.61. The van der Waals surface area contributed by atoms with Crippen molar-refractivity contribution in [1.29, 1.82) is 0 Å². The van der Waals surface area contributed by atoms with E-state index in [2.05, 4.69) is 81.9 Å². The normalized spacial score (nSPS) is 11.2. The van der Waals surface area contributed by atoms with Crippen molar-refractivity contribution in [1.82, 2.24) is 0 Å². The molecule has 6 heteroatoms. The Morgan fingerprint density at radius 3 is 1.29 bits per heavy atom. The van der Waals surface area contributed by atoms with Gasteiger partial charge in [-0.15, -0.1) is 23.5 Å². The fourth-order valence-corrected chi connectivity index (χ4v) is 4.11. The molecule has 0 unspecified atom stereocenters. The minimum absolute atomic E-state index is 0.967. The van der Waals surface area contributed by atoms with Gasteiger partial charge in [-0.05, 0) is 73.2 Å². The van der Waals surface area contributed by atoms with Gasteiger partial charge in [-0.25, -0.2) is 0 Å². The molecule has 0 saturated heterocycles. The molecule has 0 amide bonds. The van der Waals surface area contributed by atoms with E-state index in [1.54, 1.807) is 36.0 Å². The van der Waals surface area contributed by atoms with Crippen molar-refractivity contribution in [3.63, 3.8) is 0 Å². The highest BCUT2D eigenvalue weighted by molar-refractivity contribution is 7.98. The SMILES string of the molecule is CSc1ccc(Nc2ccccc2C=NN=Cc2ccccc2Nc2ccc(SC)cc2)cc1. The van der Waals surface area contributed by atoms with Gasteiger partial charge >= 0.3 is 0 Å². The topological polar surface area (TPSA) is 48.8 Å². The lowest BCUT2D eigenvalue weighted by Gasteiger charge is -2.10. The highest BCUT2D eigenvalue weighted by atomic mass is 32.2. The van der Waals surface area contributed by atoms with E-state index in [9.17, 15) is 0 Å². The van der Waals surface area contributed by atoms with Crippen molar-refractivity contribution >= 4 is 58.7 Å². The molecule has 34 heavy (non-hydrogen) atoms. The van der Waals surface area contributed by atoms with Crippen LogP contribution in [0.25, 0.3) is 0 Å². The summed E-state index contributed by atoms with van der Waals surface area (Å²) in [5.41, 5.74) is 5.96. The first-order valence-corrected chi connectivity index (χ1v) is 13.3. The number of nitrogens with zero attached hydrogens (tertiary/aromatic N) is 2. The van der Waals surface area contributed by atoms with Crippen LogP contribution in [0.1, 0.15) is 11.1 Å². The largest absolute Gasteiger partial charge is 0.355 e. The lowest BCUT2D eigenvalue weighted by molar-refractivity contribution is 1.26. The van der Waals surface area contributed by atoms with E-state index in [0.29, 0.717) is 0 Å². The zero-order valence-corrected chi connectivity index (χ0v) is 20.7. The van der Waals surface area contributed by atoms with E-state index < -0.39 is 0 Å². The molecule has 0 aliphatic carbocycles. The Morgan fingerprint density at radius 2 is 0.912 bits per heavy atom. The summed E-state index contributed by atoms with van der Waals surface area (Å²) in [6.45, 7) is 0. The van der Waals surface area contributed by atoms with Crippen LogP contribution in [0.4, 0.5) is 22.7 Å². The first-order valence-electron chi connectivity index (χ1n) is 10.8. The van der Waals surface area contributed by atoms with Crippen LogP contribution in [0, 0.1) is 0 Å². The fourth-order valence-electron chi connectivity index (χ4n) is 3.30. The van der Waals surface area contributed by atoms with Crippen LogP contribution in [0.3, 0.4) is 0 Å². The number of anilines is 4. The van der Waals surface area contributed by atoms with Crippen LogP contribution >= 0.6 is 23.5 Å². The van der Waals surface area contributed by atoms with E-state index in [-0.39, 0.29) is 0 Å². The summed E-state index contributed by atoms with van der Waals surface area (Å²) in [5.74, 6) is 0. The van der Waals surface area contributed by atoms with Crippen molar-refractivity contribution < 1.29 is 0 Å². The Kier molecular flexibility index (Phi) is 8.43. The maximum atomic E-state index is 4.31. The summed E-state index contributed by atoms with van der Waals surface area (Å²) in [4.78, 5) is 2.47. The van der Waals surface area contributed by atoms with Crippen LogP contribution in [0.5, 0.6) is 0 Å². The lowest BCUT2D eigenvalue weighted by Crippen LogP contribution is -1.96. The maximum absolute atomic E-state index is 4.31. The molecule has 0 bridgehead atoms. The number of thioether (sulfide) groups is 2. The minimum Gasteiger partial charge on any atom is -0.355 e. The number of hydrogen-bond acceptors (Lipinski definition) is 6. The highest BCUT2D eigenvalue weighted by Gasteiger charge is 2.02. The summed E-state index contributed by atoms with van der Waals surface area (Å²) in [7, 11) is 0. The van der Waals surface area contributed by atoms with Crippen LogP contribution in [0.15, 0.2) is 117 Å². The van der Waals surface area contributed by atoms with Crippen molar-refractivity contribution in [3.05, 3.63) is 108 Å². The zero-order valence-electron chi connectivity index (χ0n) is 19.1. The fraction of sp³-hybridized carbons (Fsp3) is 0.0714. The van der Waals surface area contributed by atoms with E-state index >= 15 is 0 Å². The third kappa shape index (κ3) is 6.53. The Bertz CT molecular complexity index is 1170. The van der Waals surface area contributed by atoms with E-state index in [1.807, 2.05) is 48.5 Å². The van der Waals surface area contributed by atoms with Crippen LogP contribution < -0.4 is 10.6 Å². The van der Waals surface area contributed by atoms with E-state index in [0.717, 1.165) is 33.9 Å². The standard InChI is InChI=1S/C28H26N4S2/c1-33-25-15-11-23(12-16-25)31-27-9-5-3-7-21(27)19-29-30-20-22-8-4-6-10-28(22)32-24-13-17-26(34-2)18-14-24/h3-20,31-32H,1-2H3. The molecule has 0 aliphatic heterocycles. The molecule has 0 aliphatic rings. The predicted molar refractivity (Wildman–Crippen MR) is 151 cm³/mol. The maximum Gasteiger partial charge on any atom is 0.0588 e. The summed E-state index contributed by atoms with van der Waals surface area (Å²) in [5, 5.41) is 15.5. The molecule has 0 atom stereocenters. The molecule has 4 nitrogen and oxygen atoms in total. The average molecular weight is 483 g/mol. The van der Waals surface area contributed by atoms with Crippen molar-refractivity contribution in [3.8, 4) is 0 Å². The van der Waals surface area contributed by atoms with Crippen molar-refractivity contribution in [2.24, 2.45) is 10.2 Å². The smallest absolute Gasteiger partial charge is 0.0588 e. The average Bonchev–Trinajstić information content (AvgIpc) is 2.89. The van der Waals surface area contributed by atoms with Gasteiger partial charge in [0.25, 0.3) is 0 Å². The summed E-state index contributed by atoms with van der Waals surface area (Å²) >= 11 is 3.46. The molecule has 0 heterocycles.